The summed E-state index contributed by atoms with van der Waals surface area (Å²) in [6.45, 7) is 2.69. The number of benzene rings is 1. The van der Waals surface area contributed by atoms with Crippen LogP contribution in [0, 0.1) is 0 Å². The molecule has 0 aliphatic carbocycles. The van der Waals surface area contributed by atoms with Gasteiger partial charge in [0.25, 0.3) is 0 Å². The number of carbonyl (C=O) groups is 1. The van der Waals surface area contributed by atoms with Crippen molar-refractivity contribution in [3.8, 4) is 5.75 Å². The molecule has 1 amide bonds. The van der Waals surface area contributed by atoms with Gasteiger partial charge in [0.05, 0.1) is 13.2 Å². The van der Waals surface area contributed by atoms with Gasteiger partial charge < -0.3 is 20.1 Å². The molecule has 2 rings (SSSR count). The van der Waals surface area contributed by atoms with E-state index in [0.717, 1.165) is 43.7 Å². The number of amides is 1. The van der Waals surface area contributed by atoms with E-state index in [1.54, 1.807) is 7.11 Å². The fourth-order valence-electron chi connectivity index (χ4n) is 2.45. The van der Waals surface area contributed by atoms with Gasteiger partial charge in [-0.25, -0.2) is 0 Å². The van der Waals surface area contributed by atoms with Crippen LogP contribution in [0.4, 0.5) is 0 Å². The lowest BCUT2D eigenvalue weighted by atomic mass is 10.1. The van der Waals surface area contributed by atoms with Gasteiger partial charge in [-0.1, -0.05) is 18.2 Å². The molecule has 116 valence electrons. The molecule has 5 heteroatoms. The van der Waals surface area contributed by atoms with E-state index < -0.39 is 0 Å². The molecule has 1 fully saturated rings. The molecule has 1 aliphatic rings. The third kappa shape index (κ3) is 5.36. The van der Waals surface area contributed by atoms with Crippen molar-refractivity contribution in [2.75, 3.05) is 33.4 Å². The summed E-state index contributed by atoms with van der Waals surface area (Å²) in [4.78, 5) is 11.7. The van der Waals surface area contributed by atoms with E-state index in [0.29, 0.717) is 6.54 Å². The number of hydrogen-bond donors (Lipinski definition) is 2. The third-order valence-corrected chi connectivity index (χ3v) is 3.65. The highest BCUT2D eigenvalue weighted by atomic mass is 16.5. The van der Waals surface area contributed by atoms with Crippen LogP contribution in [0.2, 0.25) is 0 Å². The van der Waals surface area contributed by atoms with E-state index in [9.17, 15) is 4.79 Å². The summed E-state index contributed by atoms with van der Waals surface area (Å²) in [5.74, 6) is 0.807. The summed E-state index contributed by atoms with van der Waals surface area (Å²) < 4.78 is 10.9. The van der Waals surface area contributed by atoms with E-state index in [4.69, 9.17) is 9.47 Å². The first kappa shape index (κ1) is 15.8. The highest BCUT2D eigenvalue weighted by molar-refractivity contribution is 5.77. The lowest BCUT2D eigenvalue weighted by molar-refractivity contribution is -0.128. The lowest BCUT2D eigenvalue weighted by Crippen LogP contribution is -2.36. The molecule has 21 heavy (non-hydrogen) atoms. The first-order chi connectivity index (χ1) is 10.3. The predicted octanol–water partition coefficient (Wildman–Crippen LogP) is 1.12. The summed E-state index contributed by atoms with van der Waals surface area (Å²) in [5, 5.41) is 6.16. The topological polar surface area (TPSA) is 59.6 Å². The van der Waals surface area contributed by atoms with Crippen LogP contribution in [0.5, 0.6) is 5.75 Å². The normalized spacial score (nSPS) is 15.7. The Balaban J connectivity index is 1.64. The van der Waals surface area contributed by atoms with Crippen LogP contribution in [-0.4, -0.2) is 45.4 Å². The van der Waals surface area contributed by atoms with E-state index >= 15 is 0 Å². The van der Waals surface area contributed by atoms with E-state index in [1.807, 2.05) is 24.3 Å². The number of hydrogen-bond acceptors (Lipinski definition) is 4. The molecule has 0 aromatic heterocycles. The van der Waals surface area contributed by atoms with E-state index in [2.05, 4.69) is 10.6 Å². The van der Waals surface area contributed by atoms with Crippen molar-refractivity contribution in [2.24, 2.45) is 0 Å². The standard InChI is InChI=1S/C16H24N2O3/c1-20-15-5-3-2-4-13(15)6-11-18-16(19)12-21-14-7-9-17-10-8-14/h2-5,14,17H,6-12H2,1H3,(H,18,19). The van der Waals surface area contributed by atoms with Crippen molar-refractivity contribution in [3.63, 3.8) is 0 Å². The van der Waals surface area contributed by atoms with Crippen molar-refractivity contribution >= 4 is 5.91 Å². The van der Waals surface area contributed by atoms with Crippen LogP contribution in [0.1, 0.15) is 18.4 Å². The fourth-order valence-corrected chi connectivity index (χ4v) is 2.45. The summed E-state index contributed by atoms with van der Waals surface area (Å²) in [6.07, 6.45) is 2.93. The monoisotopic (exact) mass is 292 g/mol. The second-order valence-corrected chi connectivity index (χ2v) is 5.17. The van der Waals surface area contributed by atoms with Crippen LogP contribution in [0.25, 0.3) is 0 Å². The predicted molar refractivity (Wildman–Crippen MR) is 81.6 cm³/mol. The Morgan fingerprint density at radius 3 is 2.86 bits per heavy atom. The molecule has 1 aliphatic heterocycles. The Bertz CT molecular complexity index is 445. The van der Waals surface area contributed by atoms with Crippen LogP contribution >= 0.6 is 0 Å². The number of ether oxygens (including phenoxy) is 2. The van der Waals surface area contributed by atoms with Crippen molar-refractivity contribution in [1.82, 2.24) is 10.6 Å². The van der Waals surface area contributed by atoms with Gasteiger partial charge >= 0.3 is 0 Å². The van der Waals surface area contributed by atoms with Crippen molar-refractivity contribution in [3.05, 3.63) is 29.8 Å². The maximum absolute atomic E-state index is 11.7. The van der Waals surface area contributed by atoms with Gasteiger partial charge in [-0.15, -0.1) is 0 Å². The number of carbonyl (C=O) groups excluding carboxylic acids is 1. The largest absolute Gasteiger partial charge is 0.496 e. The molecular weight excluding hydrogens is 268 g/mol. The molecule has 2 N–H and O–H groups in total. The molecule has 0 bridgehead atoms. The van der Waals surface area contributed by atoms with Gasteiger partial charge in [0.2, 0.25) is 5.91 Å². The van der Waals surface area contributed by atoms with Gasteiger partial charge in [-0.3, -0.25) is 4.79 Å². The number of rotatable bonds is 7. The zero-order valence-corrected chi connectivity index (χ0v) is 12.6. The van der Waals surface area contributed by atoms with Gasteiger partial charge in [0, 0.05) is 6.54 Å². The van der Waals surface area contributed by atoms with Crippen LogP contribution < -0.4 is 15.4 Å². The van der Waals surface area contributed by atoms with Gasteiger partial charge in [0.15, 0.2) is 0 Å². The molecule has 1 saturated heterocycles. The molecule has 0 saturated carbocycles. The summed E-state index contributed by atoms with van der Waals surface area (Å²) in [6, 6.07) is 7.85. The molecule has 0 spiro atoms. The van der Waals surface area contributed by atoms with Crippen molar-refractivity contribution < 1.29 is 14.3 Å². The quantitative estimate of drug-likeness (QED) is 0.791. The lowest BCUT2D eigenvalue weighted by Gasteiger charge is -2.22. The Morgan fingerprint density at radius 2 is 2.10 bits per heavy atom. The second kappa shape index (κ2) is 8.64. The first-order valence-corrected chi connectivity index (χ1v) is 7.50. The van der Waals surface area contributed by atoms with Crippen LogP contribution in [-0.2, 0) is 16.0 Å². The minimum Gasteiger partial charge on any atom is -0.496 e. The van der Waals surface area contributed by atoms with Gasteiger partial charge in [-0.2, -0.15) is 0 Å². The smallest absolute Gasteiger partial charge is 0.246 e. The molecule has 0 atom stereocenters. The first-order valence-electron chi connectivity index (χ1n) is 7.50. The Morgan fingerprint density at radius 1 is 1.33 bits per heavy atom. The Kier molecular flexibility index (Phi) is 6.50. The average Bonchev–Trinajstić information content (AvgIpc) is 2.54. The SMILES string of the molecule is COc1ccccc1CCNC(=O)COC1CCNCC1. The molecule has 5 nitrogen and oxygen atoms in total. The number of piperidine rings is 1. The van der Waals surface area contributed by atoms with E-state index in [1.165, 1.54) is 0 Å². The van der Waals surface area contributed by atoms with Crippen molar-refractivity contribution in [1.29, 1.82) is 0 Å². The highest BCUT2D eigenvalue weighted by Gasteiger charge is 2.14. The van der Waals surface area contributed by atoms with Crippen LogP contribution in [0.3, 0.4) is 0 Å². The Hall–Kier alpha value is -1.59. The zero-order chi connectivity index (χ0) is 14.9. The number of methoxy groups -OCH3 is 1. The minimum absolute atomic E-state index is 0.0524. The summed E-state index contributed by atoms with van der Waals surface area (Å²) in [5.41, 5.74) is 1.10. The second-order valence-electron chi connectivity index (χ2n) is 5.17. The number of nitrogens with one attached hydrogen (secondary N) is 2. The molecular formula is C16H24N2O3. The summed E-state index contributed by atoms with van der Waals surface area (Å²) >= 11 is 0. The van der Waals surface area contributed by atoms with E-state index in [-0.39, 0.29) is 18.6 Å². The maximum atomic E-state index is 11.7. The van der Waals surface area contributed by atoms with Crippen LogP contribution in [0.15, 0.2) is 24.3 Å². The van der Waals surface area contributed by atoms with Gasteiger partial charge in [-0.05, 0) is 44.0 Å². The third-order valence-electron chi connectivity index (χ3n) is 3.65. The summed E-state index contributed by atoms with van der Waals surface area (Å²) in [7, 11) is 1.66. The average molecular weight is 292 g/mol. The highest BCUT2D eigenvalue weighted by Crippen LogP contribution is 2.17. The molecule has 0 radical (unpaired) electrons. The fraction of sp³-hybridized carbons (Fsp3) is 0.562. The minimum atomic E-state index is -0.0524. The van der Waals surface area contributed by atoms with Gasteiger partial charge in [0.1, 0.15) is 12.4 Å². The molecule has 0 unspecified atom stereocenters. The Labute approximate surface area is 126 Å². The number of para-hydroxylation sites is 1. The zero-order valence-electron chi connectivity index (χ0n) is 12.6. The van der Waals surface area contributed by atoms with Crippen molar-refractivity contribution in [2.45, 2.75) is 25.4 Å². The molecule has 1 aromatic carbocycles. The molecule has 1 aromatic rings. The molecule has 1 heterocycles. The maximum Gasteiger partial charge on any atom is 0.246 e.